The molecule has 7 heteroatoms. The maximum atomic E-state index is 17.3. The number of halogens is 1. The van der Waals surface area contributed by atoms with E-state index in [4.69, 9.17) is 4.74 Å². The molecule has 0 saturated heterocycles. The predicted octanol–water partition coefficient (Wildman–Crippen LogP) is 3.64. The summed E-state index contributed by atoms with van der Waals surface area (Å²) in [5, 5.41) is 21.4. The molecule has 0 aromatic heterocycles. The highest BCUT2D eigenvalue weighted by Crippen LogP contribution is 2.71. The lowest BCUT2D eigenvalue weighted by atomic mass is 9.44. The summed E-state index contributed by atoms with van der Waals surface area (Å²) in [7, 11) is 0. The smallest absolute Gasteiger partial charge is 0.306 e. The zero-order chi connectivity index (χ0) is 25.1. The van der Waals surface area contributed by atoms with E-state index in [2.05, 4.69) is 0 Å². The summed E-state index contributed by atoms with van der Waals surface area (Å²) in [4.78, 5) is 38.1. The van der Waals surface area contributed by atoms with Crippen molar-refractivity contribution in [2.24, 2.45) is 28.6 Å². The van der Waals surface area contributed by atoms with Crippen molar-refractivity contribution in [1.29, 1.82) is 0 Å². The Hall–Kier alpha value is -1.86. The molecule has 188 valence electrons. The molecule has 0 amide bonds. The van der Waals surface area contributed by atoms with Crippen LogP contribution in [0.4, 0.5) is 4.39 Å². The Bertz CT molecular complexity index is 957. The summed E-state index contributed by atoms with van der Waals surface area (Å²) in [6.45, 7) is 6.55. The Kier molecular flexibility index (Phi) is 6.21. The van der Waals surface area contributed by atoms with Gasteiger partial charge in [-0.1, -0.05) is 38.8 Å². The van der Waals surface area contributed by atoms with Crippen molar-refractivity contribution < 1.29 is 33.7 Å². The second kappa shape index (κ2) is 8.37. The Morgan fingerprint density at radius 2 is 1.97 bits per heavy atom. The van der Waals surface area contributed by atoms with Gasteiger partial charge in [0.05, 0.1) is 6.10 Å². The van der Waals surface area contributed by atoms with E-state index >= 15 is 4.39 Å². The van der Waals surface area contributed by atoms with Crippen LogP contribution in [0.2, 0.25) is 0 Å². The van der Waals surface area contributed by atoms with Gasteiger partial charge in [-0.25, -0.2) is 4.39 Å². The molecule has 0 radical (unpaired) electrons. The van der Waals surface area contributed by atoms with Crippen LogP contribution in [0.3, 0.4) is 0 Å². The summed E-state index contributed by atoms with van der Waals surface area (Å²) >= 11 is 0. The number of Topliss-reactive ketones (excluding diaryl/α,β-unsaturated/α-hetero) is 1. The van der Waals surface area contributed by atoms with Gasteiger partial charge in [-0.15, -0.1) is 0 Å². The highest BCUT2D eigenvalue weighted by Gasteiger charge is 2.77. The third kappa shape index (κ3) is 3.08. The van der Waals surface area contributed by atoms with E-state index in [-0.39, 0.29) is 24.5 Å². The van der Waals surface area contributed by atoms with Crippen LogP contribution in [0.1, 0.15) is 72.6 Å². The molecule has 1 unspecified atom stereocenters. The number of alkyl halides is 1. The monoisotopic (exact) mass is 476 g/mol. The molecular weight excluding hydrogens is 439 g/mol. The molecular formula is C27H37FO6. The van der Waals surface area contributed by atoms with Crippen molar-refractivity contribution in [2.75, 3.05) is 6.61 Å². The third-order valence-corrected chi connectivity index (χ3v) is 9.75. The zero-order valence-electron chi connectivity index (χ0n) is 20.6. The predicted molar refractivity (Wildman–Crippen MR) is 123 cm³/mol. The quantitative estimate of drug-likeness (QED) is 0.568. The van der Waals surface area contributed by atoms with Crippen molar-refractivity contribution in [3.8, 4) is 0 Å². The maximum absolute atomic E-state index is 17.3. The van der Waals surface area contributed by atoms with E-state index in [1.54, 1.807) is 13.0 Å². The van der Waals surface area contributed by atoms with Gasteiger partial charge in [0.25, 0.3) is 0 Å². The van der Waals surface area contributed by atoms with Crippen LogP contribution in [0.15, 0.2) is 23.8 Å². The van der Waals surface area contributed by atoms with Crippen molar-refractivity contribution in [3.63, 3.8) is 0 Å². The summed E-state index contributed by atoms with van der Waals surface area (Å²) in [6, 6.07) is 0. The lowest BCUT2D eigenvalue weighted by Gasteiger charge is -2.62. The van der Waals surface area contributed by atoms with Gasteiger partial charge < -0.3 is 14.9 Å². The Morgan fingerprint density at radius 1 is 1.26 bits per heavy atom. The standard InChI is InChI=1S/C27H37FO6/c1-5-6-7-23(33)34-27(22(32)15-29)16(2)12-20-19-9-8-17-13-18(30)10-11-24(17,3)26(19,28)21(31)14-25(20,27)4/h10-11,13,16,19-21,29,31H,5-9,12,14-15H2,1-4H3/t16-,19-,20-,21-,24-,25-,26-,27?/m0/s1. The van der Waals surface area contributed by atoms with Gasteiger partial charge in [0.15, 0.2) is 17.1 Å². The first kappa shape index (κ1) is 25.2. The molecule has 4 rings (SSSR count). The Balaban J connectivity index is 1.80. The van der Waals surface area contributed by atoms with Gasteiger partial charge in [0.1, 0.15) is 6.61 Å². The summed E-state index contributed by atoms with van der Waals surface area (Å²) in [6.07, 6.45) is 5.92. The topological polar surface area (TPSA) is 101 Å². The number of hydrogen-bond donors (Lipinski definition) is 2. The van der Waals surface area contributed by atoms with E-state index < -0.39 is 58.4 Å². The molecule has 0 spiro atoms. The molecule has 8 atom stereocenters. The van der Waals surface area contributed by atoms with Crippen LogP contribution < -0.4 is 0 Å². The number of rotatable bonds is 6. The average Bonchev–Trinajstić information content (AvgIpc) is 3.00. The SMILES string of the molecule is CCCCC(=O)OC1(C(=O)CO)[C@@H](C)C[C@H]2[C@@H]3CCC4=CC(=O)C=C[C@]4(C)[C@@]3(F)[C@@H](O)C[C@@]21C. The number of ether oxygens (including phenoxy) is 1. The lowest BCUT2D eigenvalue weighted by Crippen LogP contribution is -2.70. The largest absolute Gasteiger partial charge is 0.450 e. The zero-order valence-corrected chi connectivity index (χ0v) is 20.6. The van der Waals surface area contributed by atoms with Crippen LogP contribution in [0.5, 0.6) is 0 Å². The number of esters is 1. The second-order valence-corrected chi connectivity index (χ2v) is 11.3. The minimum Gasteiger partial charge on any atom is -0.450 e. The summed E-state index contributed by atoms with van der Waals surface area (Å²) in [5.74, 6) is -2.62. The molecule has 34 heavy (non-hydrogen) atoms. The number of hydrogen-bond acceptors (Lipinski definition) is 6. The third-order valence-electron chi connectivity index (χ3n) is 9.75. The molecule has 3 saturated carbocycles. The van der Waals surface area contributed by atoms with Crippen LogP contribution in [0.25, 0.3) is 0 Å². The first-order valence-corrected chi connectivity index (χ1v) is 12.6. The number of carbonyl (C=O) groups excluding carboxylic acids is 3. The van der Waals surface area contributed by atoms with Crippen molar-refractivity contribution in [2.45, 2.75) is 90.0 Å². The summed E-state index contributed by atoms with van der Waals surface area (Å²) < 4.78 is 23.3. The van der Waals surface area contributed by atoms with E-state index in [0.717, 1.165) is 6.42 Å². The number of carbonyl (C=O) groups is 3. The van der Waals surface area contributed by atoms with Crippen LogP contribution in [-0.2, 0) is 19.1 Å². The summed E-state index contributed by atoms with van der Waals surface area (Å²) in [5.41, 5.74) is -5.11. The van der Waals surface area contributed by atoms with E-state index in [1.807, 2.05) is 20.8 Å². The van der Waals surface area contributed by atoms with Gasteiger partial charge in [0, 0.05) is 29.1 Å². The molecule has 0 bridgehead atoms. The average molecular weight is 477 g/mol. The van der Waals surface area contributed by atoms with Gasteiger partial charge in [-0.2, -0.15) is 0 Å². The number of fused-ring (bicyclic) bond motifs is 5. The first-order valence-electron chi connectivity index (χ1n) is 12.6. The minimum atomic E-state index is -2.03. The van der Waals surface area contributed by atoms with Crippen LogP contribution in [-0.4, -0.2) is 51.7 Å². The van der Waals surface area contributed by atoms with Gasteiger partial charge >= 0.3 is 5.97 Å². The number of aliphatic hydroxyl groups excluding tert-OH is 2. The maximum Gasteiger partial charge on any atom is 0.306 e. The molecule has 2 N–H and O–H groups in total. The highest BCUT2D eigenvalue weighted by atomic mass is 19.1. The van der Waals surface area contributed by atoms with Crippen LogP contribution >= 0.6 is 0 Å². The van der Waals surface area contributed by atoms with Crippen LogP contribution in [0, 0.1) is 28.6 Å². The van der Waals surface area contributed by atoms with E-state index in [0.29, 0.717) is 31.3 Å². The van der Waals surface area contributed by atoms with Crippen molar-refractivity contribution in [1.82, 2.24) is 0 Å². The Morgan fingerprint density at radius 3 is 2.62 bits per heavy atom. The van der Waals surface area contributed by atoms with E-state index in [1.165, 1.54) is 12.2 Å². The number of aliphatic hydroxyl groups is 2. The minimum absolute atomic E-state index is 0.0769. The van der Waals surface area contributed by atoms with Gasteiger partial charge in [-0.05, 0) is 57.1 Å². The molecule has 6 nitrogen and oxygen atoms in total. The van der Waals surface area contributed by atoms with Crippen molar-refractivity contribution in [3.05, 3.63) is 23.8 Å². The highest BCUT2D eigenvalue weighted by molar-refractivity contribution is 6.01. The molecule has 0 aromatic rings. The first-order chi connectivity index (χ1) is 15.9. The number of ketones is 2. The molecule has 4 aliphatic carbocycles. The molecule has 0 aliphatic heterocycles. The second-order valence-electron chi connectivity index (χ2n) is 11.3. The fraction of sp³-hybridized carbons (Fsp3) is 0.741. The van der Waals surface area contributed by atoms with Gasteiger partial charge in [-0.3, -0.25) is 14.4 Å². The Labute approximate surface area is 200 Å². The number of allylic oxidation sites excluding steroid dienone is 4. The van der Waals surface area contributed by atoms with Gasteiger partial charge in [0.2, 0.25) is 5.78 Å². The van der Waals surface area contributed by atoms with Crippen molar-refractivity contribution >= 4 is 17.5 Å². The molecule has 3 fully saturated rings. The molecule has 0 heterocycles. The number of unbranched alkanes of at least 4 members (excludes halogenated alkanes) is 1. The van der Waals surface area contributed by atoms with E-state index in [9.17, 15) is 24.6 Å². The normalized spacial score (nSPS) is 45.1. The fourth-order valence-corrected chi connectivity index (χ4v) is 8.07. The lowest BCUT2D eigenvalue weighted by molar-refractivity contribution is -0.228. The fourth-order valence-electron chi connectivity index (χ4n) is 8.07. The molecule has 0 aromatic carbocycles. The molecule has 4 aliphatic rings.